The number of hydrogen-bond donors (Lipinski definition) is 2. The number of rotatable bonds is 7. The molecule has 15 heavy (non-hydrogen) atoms. The highest BCUT2D eigenvalue weighted by Crippen LogP contribution is 2.26. The molecule has 1 atom stereocenters. The summed E-state index contributed by atoms with van der Waals surface area (Å²) >= 11 is 0. The maximum atomic E-state index is 12.4. The lowest BCUT2D eigenvalue weighted by atomic mass is 10.1. The molecule has 6 heteroatoms. The van der Waals surface area contributed by atoms with E-state index in [0.29, 0.717) is 6.54 Å². The van der Waals surface area contributed by atoms with Crippen LogP contribution in [-0.2, 0) is 0 Å². The van der Waals surface area contributed by atoms with E-state index < -0.39 is 18.6 Å². The molecule has 0 spiro atoms. The molecular formula is C9H19F3N2O. The number of halogens is 3. The van der Waals surface area contributed by atoms with E-state index in [2.05, 4.69) is 0 Å². The number of nitrogens with zero attached hydrogens (tertiary/aromatic N) is 1. The topological polar surface area (TPSA) is 49.5 Å². The molecule has 0 aromatic rings. The molecule has 3 N–H and O–H groups in total. The zero-order chi connectivity index (χ0) is 11.9. The van der Waals surface area contributed by atoms with E-state index in [4.69, 9.17) is 10.8 Å². The molecule has 0 aliphatic carbocycles. The molecule has 0 bridgehead atoms. The van der Waals surface area contributed by atoms with Crippen molar-refractivity contribution in [1.82, 2.24) is 4.90 Å². The van der Waals surface area contributed by atoms with Crippen molar-refractivity contribution in [3.63, 3.8) is 0 Å². The Morgan fingerprint density at radius 1 is 1.33 bits per heavy atom. The summed E-state index contributed by atoms with van der Waals surface area (Å²) in [6.07, 6.45) is -3.49. The van der Waals surface area contributed by atoms with Crippen molar-refractivity contribution in [2.45, 2.75) is 19.5 Å². The van der Waals surface area contributed by atoms with Gasteiger partial charge in [0.15, 0.2) is 0 Å². The van der Waals surface area contributed by atoms with E-state index in [1.54, 1.807) is 4.90 Å². The third-order valence-electron chi connectivity index (χ3n) is 2.18. The second-order valence-electron chi connectivity index (χ2n) is 3.50. The molecule has 0 fully saturated rings. The summed E-state index contributed by atoms with van der Waals surface area (Å²) < 4.78 is 37.2. The summed E-state index contributed by atoms with van der Waals surface area (Å²) in [5, 5.41) is 8.70. The number of aliphatic hydroxyl groups excluding tert-OH is 1. The van der Waals surface area contributed by atoms with Crippen LogP contribution >= 0.6 is 0 Å². The second-order valence-corrected chi connectivity index (χ2v) is 3.50. The molecule has 92 valence electrons. The molecule has 0 aromatic carbocycles. The van der Waals surface area contributed by atoms with Gasteiger partial charge in [-0.05, 0) is 13.0 Å². The molecule has 0 amide bonds. The fourth-order valence-electron chi connectivity index (χ4n) is 1.38. The molecule has 0 radical (unpaired) electrons. The molecule has 0 rings (SSSR count). The lowest BCUT2D eigenvalue weighted by Gasteiger charge is -2.27. The van der Waals surface area contributed by atoms with Crippen LogP contribution in [0.3, 0.4) is 0 Å². The van der Waals surface area contributed by atoms with E-state index in [0.717, 1.165) is 6.42 Å². The van der Waals surface area contributed by atoms with Crippen molar-refractivity contribution in [2.75, 3.05) is 32.8 Å². The first kappa shape index (κ1) is 14.7. The van der Waals surface area contributed by atoms with Gasteiger partial charge in [-0.15, -0.1) is 0 Å². The Morgan fingerprint density at radius 2 is 1.93 bits per heavy atom. The lowest BCUT2D eigenvalue weighted by molar-refractivity contribution is -0.176. The minimum atomic E-state index is -4.25. The molecule has 3 nitrogen and oxygen atoms in total. The van der Waals surface area contributed by atoms with Gasteiger partial charge in [0.25, 0.3) is 0 Å². The quantitative estimate of drug-likeness (QED) is 0.678. The van der Waals surface area contributed by atoms with Gasteiger partial charge in [0.1, 0.15) is 0 Å². The highest BCUT2D eigenvalue weighted by Gasteiger charge is 2.39. The minimum absolute atomic E-state index is 0.130. The van der Waals surface area contributed by atoms with Crippen LogP contribution in [0.4, 0.5) is 13.2 Å². The van der Waals surface area contributed by atoms with Gasteiger partial charge in [0.2, 0.25) is 0 Å². The highest BCUT2D eigenvalue weighted by molar-refractivity contribution is 4.73. The normalized spacial score (nSPS) is 14.6. The van der Waals surface area contributed by atoms with E-state index in [1.807, 2.05) is 6.92 Å². The van der Waals surface area contributed by atoms with Crippen LogP contribution in [0.25, 0.3) is 0 Å². The van der Waals surface area contributed by atoms with Gasteiger partial charge in [-0.3, -0.25) is 0 Å². The van der Waals surface area contributed by atoms with Crippen LogP contribution < -0.4 is 5.73 Å². The fraction of sp³-hybridized carbons (Fsp3) is 1.00. The number of nitrogens with two attached hydrogens (primary N) is 1. The Morgan fingerprint density at radius 3 is 2.27 bits per heavy atom. The third kappa shape index (κ3) is 5.96. The van der Waals surface area contributed by atoms with Crippen molar-refractivity contribution < 1.29 is 18.3 Å². The van der Waals surface area contributed by atoms with Gasteiger partial charge in [-0.2, -0.15) is 13.2 Å². The lowest BCUT2D eigenvalue weighted by Crippen LogP contribution is -2.42. The summed E-state index contributed by atoms with van der Waals surface area (Å²) in [5.41, 5.74) is 5.09. The molecule has 0 saturated carbocycles. The number of alkyl halides is 3. The zero-order valence-electron chi connectivity index (χ0n) is 8.93. The van der Waals surface area contributed by atoms with Crippen LogP contribution in [0.2, 0.25) is 0 Å². The monoisotopic (exact) mass is 228 g/mol. The van der Waals surface area contributed by atoms with Crippen molar-refractivity contribution >= 4 is 0 Å². The predicted octanol–water partition coefficient (Wildman–Crippen LogP) is 0.828. The molecule has 0 aromatic heterocycles. The van der Waals surface area contributed by atoms with Gasteiger partial charge in [-0.25, -0.2) is 0 Å². The molecule has 1 unspecified atom stereocenters. The average Bonchev–Trinajstić information content (AvgIpc) is 2.12. The molecule has 0 saturated heterocycles. The van der Waals surface area contributed by atoms with Crippen molar-refractivity contribution in [2.24, 2.45) is 11.7 Å². The molecular weight excluding hydrogens is 209 g/mol. The van der Waals surface area contributed by atoms with Gasteiger partial charge < -0.3 is 15.7 Å². The van der Waals surface area contributed by atoms with Gasteiger partial charge in [0.05, 0.1) is 12.5 Å². The second kappa shape index (κ2) is 7.03. The van der Waals surface area contributed by atoms with Gasteiger partial charge >= 0.3 is 6.18 Å². The summed E-state index contributed by atoms with van der Waals surface area (Å²) in [5.74, 6) is -1.50. The highest BCUT2D eigenvalue weighted by atomic mass is 19.4. The zero-order valence-corrected chi connectivity index (χ0v) is 8.93. The Labute approximate surface area is 88.0 Å². The first-order valence-corrected chi connectivity index (χ1v) is 5.05. The Bertz CT molecular complexity index is 158. The average molecular weight is 228 g/mol. The summed E-state index contributed by atoms with van der Waals surface area (Å²) in [6.45, 7) is 2.03. The summed E-state index contributed by atoms with van der Waals surface area (Å²) in [4.78, 5) is 1.59. The third-order valence-corrected chi connectivity index (χ3v) is 2.18. The van der Waals surface area contributed by atoms with E-state index >= 15 is 0 Å². The van der Waals surface area contributed by atoms with Crippen LogP contribution in [0.15, 0.2) is 0 Å². The summed E-state index contributed by atoms with van der Waals surface area (Å²) in [6, 6.07) is 0. The van der Waals surface area contributed by atoms with E-state index in [9.17, 15) is 13.2 Å². The van der Waals surface area contributed by atoms with Gasteiger partial charge in [-0.1, -0.05) is 6.92 Å². The largest absolute Gasteiger partial charge is 0.395 e. The fourth-order valence-corrected chi connectivity index (χ4v) is 1.38. The first-order valence-electron chi connectivity index (χ1n) is 5.05. The van der Waals surface area contributed by atoms with Crippen LogP contribution in [0.1, 0.15) is 13.3 Å². The Hall–Kier alpha value is -0.330. The van der Waals surface area contributed by atoms with E-state index in [-0.39, 0.29) is 19.7 Å². The van der Waals surface area contributed by atoms with E-state index in [1.165, 1.54) is 0 Å². The Balaban J connectivity index is 4.21. The molecule has 0 aliphatic heterocycles. The van der Waals surface area contributed by atoms with Gasteiger partial charge in [0, 0.05) is 19.6 Å². The van der Waals surface area contributed by atoms with Crippen molar-refractivity contribution in [1.29, 1.82) is 0 Å². The van der Waals surface area contributed by atoms with Crippen LogP contribution in [0, 0.1) is 5.92 Å². The summed E-state index contributed by atoms with van der Waals surface area (Å²) in [7, 11) is 0. The standard InChI is InChI=1S/C9H19F3N2O/c1-2-3-14(4-5-15)7-8(6-13)9(10,11)12/h8,15H,2-7,13H2,1H3. The van der Waals surface area contributed by atoms with Crippen molar-refractivity contribution in [3.05, 3.63) is 0 Å². The predicted molar refractivity (Wildman–Crippen MR) is 52.4 cm³/mol. The molecule has 0 aliphatic rings. The SMILES string of the molecule is CCCN(CCO)CC(CN)C(F)(F)F. The first-order chi connectivity index (χ1) is 6.95. The minimum Gasteiger partial charge on any atom is -0.395 e. The van der Waals surface area contributed by atoms with Crippen molar-refractivity contribution in [3.8, 4) is 0 Å². The maximum absolute atomic E-state index is 12.4. The van der Waals surface area contributed by atoms with Crippen LogP contribution in [-0.4, -0.2) is 49.0 Å². The molecule has 0 heterocycles. The smallest absolute Gasteiger partial charge is 0.394 e. The maximum Gasteiger partial charge on any atom is 0.394 e. The Kier molecular flexibility index (Phi) is 6.87. The number of hydrogen-bond acceptors (Lipinski definition) is 3. The number of aliphatic hydroxyl groups is 1. The van der Waals surface area contributed by atoms with Crippen LogP contribution in [0.5, 0.6) is 0 Å².